The molecule has 0 saturated carbocycles. The van der Waals surface area contributed by atoms with Gasteiger partial charge in [-0.1, -0.05) is 12.1 Å². The average Bonchev–Trinajstić information content (AvgIpc) is 2.51. The lowest BCUT2D eigenvalue weighted by Gasteiger charge is -2.12. The number of para-hydroxylation sites is 1. The first kappa shape index (κ1) is 11.1. The molecule has 0 spiro atoms. The maximum Gasteiger partial charge on any atom is 0.147 e. The van der Waals surface area contributed by atoms with Crippen LogP contribution < -0.4 is 5.73 Å². The van der Waals surface area contributed by atoms with E-state index < -0.39 is 0 Å². The van der Waals surface area contributed by atoms with Crippen molar-refractivity contribution >= 4 is 10.9 Å². The van der Waals surface area contributed by atoms with Gasteiger partial charge in [-0.2, -0.15) is 0 Å². The van der Waals surface area contributed by atoms with Crippen molar-refractivity contribution in [3.05, 3.63) is 35.3 Å². The van der Waals surface area contributed by atoms with E-state index in [1.165, 1.54) is 6.07 Å². The van der Waals surface area contributed by atoms with Crippen LogP contribution in [0.5, 0.6) is 0 Å². The van der Waals surface area contributed by atoms with Crippen molar-refractivity contribution in [2.24, 2.45) is 5.73 Å². The van der Waals surface area contributed by atoms with E-state index >= 15 is 0 Å². The molecule has 0 aliphatic rings. The van der Waals surface area contributed by atoms with E-state index in [0.717, 1.165) is 16.6 Å². The van der Waals surface area contributed by atoms with Crippen LogP contribution in [-0.2, 0) is 6.54 Å². The van der Waals surface area contributed by atoms with Gasteiger partial charge in [0.2, 0.25) is 0 Å². The molecular weight excluding hydrogens is 203 g/mol. The van der Waals surface area contributed by atoms with Crippen LogP contribution >= 0.6 is 0 Å². The van der Waals surface area contributed by atoms with Gasteiger partial charge in [0, 0.05) is 23.7 Å². The number of hydrogen-bond donors (Lipinski definition) is 1. The molecule has 1 heterocycles. The predicted molar refractivity (Wildman–Crippen MR) is 64.9 cm³/mol. The molecule has 0 aliphatic heterocycles. The lowest BCUT2D eigenvalue weighted by Crippen LogP contribution is -2.05. The molecule has 0 bridgehead atoms. The number of halogens is 1. The second-order valence-corrected chi connectivity index (χ2v) is 4.37. The molecule has 0 radical (unpaired) electrons. The Kier molecular flexibility index (Phi) is 2.72. The van der Waals surface area contributed by atoms with Crippen molar-refractivity contribution < 1.29 is 4.39 Å². The maximum atomic E-state index is 13.9. The number of hydrogen-bond acceptors (Lipinski definition) is 1. The summed E-state index contributed by atoms with van der Waals surface area (Å²) in [6.45, 7) is 6.56. The Hall–Kier alpha value is -1.35. The van der Waals surface area contributed by atoms with E-state index in [4.69, 9.17) is 5.73 Å². The van der Waals surface area contributed by atoms with Gasteiger partial charge in [0.15, 0.2) is 0 Å². The van der Waals surface area contributed by atoms with Gasteiger partial charge >= 0.3 is 0 Å². The first-order valence-corrected chi connectivity index (χ1v) is 5.55. The third-order valence-corrected chi connectivity index (χ3v) is 3.07. The van der Waals surface area contributed by atoms with Crippen molar-refractivity contribution in [3.8, 4) is 0 Å². The van der Waals surface area contributed by atoms with Crippen molar-refractivity contribution in [2.75, 3.05) is 0 Å². The summed E-state index contributed by atoms with van der Waals surface area (Å²) in [5, 5.41) is 0.939. The van der Waals surface area contributed by atoms with Gasteiger partial charge in [-0.25, -0.2) is 4.39 Å². The normalized spacial score (nSPS) is 11.6. The first-order chi connectivity index (χ1) is 7.57. The lowest BCUT2D eigenvalue weighted by atomic mass is 10.1. The Morgan fingerprint density at radius 3 is 2.62 bits per heavy atom. The van der Waals surface area contributed by atoms with E-state index in [2.05, 4.69) is 13.8 Å². The highest BCUT2D eigenvalue weighted by atomic mass is 19.1. The minimum atomic E-state index is -0.172. The Bertz CT molecular complexity index is 526. The number of nitrogens with two attached hydrogens (primary N) is 1. The average molecular weight is 220 g/mol. The number of nitrogens with zero attached hydrogens (tertiary/aromatic N) is 1. The van der Waals surface area contributed by atoms with Gasteiger partial charge in [0.05, 0.1) is 5.52 Å². The molecule has 2 N–H and O–H groups in total. The number of fused-ring (bicyclic) bond motifs is 1. The van der Waals surface area contributed by atoms with Gasteiger partial charge in [-0.3, -0.25) is 0 Å². The predicted octanol–water partition coefficient (Wildman–Crippen LogP) is 3.13. The second-order valence-electron chi connectivity index (χ2n) is 4.37. The number of benzene rings is 1. The molecule has 1 aromatic heterocycles. The summed E-state index contributed by atoms with van der Waals surface area (Å²) in [5.74, 6) is -0.172. The summed E-state index contributed by atoms with van der Waals surface area (Å²) < 4.78 is 15.9. The highest BCUT2D eigenvalue weighted by molar-refractivity contribution is 5.86. The Labute approximate surface area is 94.9 Å². The van der Waals surface area contributed by atoms with Gasteiger partial charge in [-0.05, 0) is 32.4 Å². The van der Waals surface area contributed by atoms with Crippen LogP contribution in [0.3, 0.4) is 0 Å². The van der Waals surface area contributed by atoms with Crippen LogP contribution in [0.25, 0.3) is 10.9 Å². The third kappa shape index (κ3) is 1.43. The van der Waals surface area contributed by atoms with Gasteiger partial charge in [0.25, 0.3) is 0 Å². The van der Waals surface area contributed by atoms with E-state index in [1.807, 2.05) is 17.6 Å². The summed E-state index contributed by atoms with van der Waals surface area (Å²) in [7, 11) is 0. The third-order valence-electron chi connectivity index (χ3n) is 3.07. The minimum absolute atomic E-state index is 0.172. The van der Waals surface area contributed by atoms with Crippen LogP contribution in [0.1, 0.15) is 31.1 Å². The number of rotatable bonds is 2. The van der Waals surface area contributed by atoms with Gasteiger partial charge < -0.3 is 10.3 Å². The quantitative estimate of drug-likeness (QED) is 0.828. The van der Waals surface area contributed by atoms with Crippen LogP contribution in [0.4, 0.5) is 4.39 Å². The Balaban J connectivity index is 2.93. The summed E-state index contributed by atoms with van der Waals surface area (Å²) in [4.78, 5) is 0. The smallest absolute Gasteiger partial charge is 0.147 e. The minimum Gasteiger partial charge on any atom is -0.340 e. The van der Waals surface area contributed by atoms with Crippen LogP contribution in [0.2, 0.25) is 0 Å². The molecule has 86 valence electrons. The second kappa shape index (κ2) is 3.91. The standard InChI is InChI=1S/C13H17FN2/c1-8(2)16-9(3)11(7-15)10-5-4-6-12(14)13(10)16/h4-6,8H,7,15H2,1-3H3. The topological polar surface area (TPSA) is 30.9 Å². The SMILES string of the molecule is Cc1c(CN)c2cccc(F)c2n1C(C)C. The fourth-order valence-electron chi connectivity index (χ4n) is 2.41. The summed E-state index contributed by atoms with van der Waals surface area (Å²) in [5.41, 5.74) is 8.53. The van der Waals surface area contributed by atoms with Crippen LogP contribution in [0, 0.1) is 12.7 Å². The Morgan fingerprint density at radius 2 is 2.06 bits per heavy atom. The molecule has 0 fully saturated rings. The molecule has 0 atom stereocenters. The lowest BCUT2D eigenvalue weighted by molar-refractivity contribution is 0.577. The maximum absolute atomic E-state index is 13.9. The van der Waals surface area contributed by atoms with Crippen molar-refractivity contribution in [1.29, 1.82) is 0 Å². The fraction of sp³-hybridized carbons (Fsp3) is 0.385. The van der Waals surface area contributed by atoms with Crippen LogP contribution in [0.15, 0.2) is 18.2 Å². The molecule has 2 aromatic rings. The molecule has 0 amide bonds. The van der Waals surface area contributed by atoms with E-state index in [9.17, 15) is 4.39 Å². The molecular formula is C13H17FN2. The zero-order chi connectivity index (χ0) is 11.9. The molecule has 2 nitrogen and oxygen atoms in total. The van der Waals surface area contributed by atoms with Crippen molar-refractivity contribution in [3.63, 3.8) is 0 Å². The van der Waals surface area contributed by atoms with E-state index in [-0.39, 0.29) is 11.9 Å². The monoisotopic (exact) mass is 220 g/mol. The van der Waals surface area contributed by atoms with Gasteiger partial charge in [0.1, 0.15) is 5.82 Å². The molecule has 0 saturated heterocycles. The largest absolute Gasteiger partial charge is 0.340 e. The molecule has 1 aromatic carbocycles. The highest BCUT2D eigenvalue weighted by Gasteiger charge is 2.17. The molecule has 3 heteroatoms. The summed E-state index contributed by atoms with van der Waals surface area (Å²) in [6, 6.07) is 5.41. The molecule has 2 rings (SSSR count). The zero-order valence-corrected chi connectivity index (χ0v) is 9.92. The van der Waals surface area contributed by atoms with Crippen molar-refractivity contribution in [2.45, 2.75) is 33.4 Å². The summed E-state index contributed by atoms with van der Waals surface area (Å²) in [6.07, 6.45) is 0. The van der Waals surface area contributed by atoms with Crippen molar-refractivity contribution in [1.82, 2.24) is 4.57 Å². The fourth-order valence-corrected chi connectivity index (χ4v) is 2.41. The molecule has 0 aliphatic carbocycles. The van der Waals surface area contributed by atoms with E-state index in [0.29, 0.717) is 12.1 Å². The van der Waals surface area contributed by atoms with Crippen LogP contribution in [-0.4, -0.2) is 4.57 Å². The Morgan fingerprint density at radius 1 is 1.38 bits per heavy atom. The summed E-state index contributed by atoms with van der Waals surface area (Å²) >= 11 is 0. The highest BCUT2D eigenvalue weighted by Crippen LogP contribution is 2.30. The zero-order valence-electron chi connectivity index (χ0n) is 9.92. The van der Waals surface area contributed by atoms with Gasteiger partial charge in [-0.15, -0.1) is 0 Å². The first-order valence-electron chi connectivity index (χ1n) is 5.55. The molecule has 0 unspecified atom stereocenters. The number of aromatic nitrogens is 1. The molecule has 16 heavy (non-hydrogen) atoms. The van der Waals surface area contributed by atoms with E-state index in [1.54, 1.807) is 6.07 Å².